The topological polar surface area (TPSA) is 33.3 Å². The molecular formula is C11H16N2OS. The lowest BCUT2D eigenvalue weighted by Crippen LogP contribution is -2.33. The molecule has 1 rings (SSSR count). The van der Waals surface area contributed by atoms with E-state index in [9.17, 15) is 0 Å². The predicted octanol–water partition coefficient (Wildman–Crippen LogP) is 1.33. The van der Waals surface area contributed by atoms with Crippen LogP contribution in [-0.2, 0) is 6.42 Å². The molecule has 4 heteroatoms. The van der Waals surface area contributed by atoms with E-state index >= 15 is 0 Å². The second kappa shape index (κ2) is 6.24. The Kier molecular flexibility index (Phi) is 4.90. The van der Waals surface area contributed by atoms with Crippen LogP contribution in [0, 0.1) is 0 Å². The minimum Gasteiger partial charge on any atom is -0.496 e. The lowest BCUT2D eigenvalue weighted by molar-refractivity contribution is 0.409. The standard InChI is InChI=1S/C11H16N2OS/c1-12-11(15)13-8-7-9-5-3-4-6-10(9)14-2/h3-6H,7-8H2,1-2H3,(H2,12,13,15). The first-order valence-electron chi connectivity index (χ1n) is 4.85. The maximum absolute atomic E-state index is 5.25. The van der Waals surface area contributed by atoms with E-state index in [2.05, 4.69) is 16.7 Å². The van der Waals surface area contributed by atoms with E-state index in [1.165, 1.54) is 5.56 Å². The zero-order valence-electron chi connectivity index (χ0n) is 9.04. The van der Waals surface area contributed by atoms with Gasteiger partial charge in [-0.3, -0.25) is 0 Å². The van der Waals surface area contributed by atoms with Gasteiger partial charge in [-0.25, -0.2) is 0 Å². The Morgan fingerprint density at radius 1 is 1.40 bits per heavy atom. The van der Waals surface area contributed by atoms with Crippen molar-refractivity contribution in [1.29, 1.82) is 0 Å². The summed E-state index contributed by atoms with van der Waals surface area (Å²) in [4.78, 5) is 0. The summed E-state index contributed by atoms with van der Waals surface area (Å²) < 4.78 is 5.25. The summed E-state index contributed by atoms with van der Waals surface area (Å²) in [5.74, 6) is 0.926. The lowest BCUT2D eigenvalue weighted by Gasteiger charge is -2.09. The molecule has 1 aromatic carbocycles. The number of ether oxygens (including phenoxy) is 1. The zero-order chi connectivity index (χ0) is 11.1. The number of hydrogen-bond acceptors (Lipinski definition) is 2. The Hall–Kier alpha value is -1.29. The van der Waals surface area contributed by atoms with Gasteiger partial charge in [-0.15, -0.1) is 0 Å². The molecule has 3 nitrogen and oxygen atoms in total. The van der Waals surface area contributed by atoms with Gasteiger partial charge in [0, 0.05) is 13.6 Å². The molecule has 1 aromatic rings. The van der Waals surface area contributed by atoms with Crippen molar-refractivity contribution < 1.29 is 4.74 Å². The molecular weight excluding hydrogens is 208 g/mol. The number of nitrogens with one attached hydrogen (secondary N) is 2. The van der Waals surface area contributed by atoms with Crippen LogP contribution in [0.2, 0.25) is 0 Å². The van der Waals surface area contributed by atoms with E-state index in [1.54, 1.807) is 14.2 Å². The Labute approximate surface area is 95.8 Å². The molecule has 0 heterocycles. The quantitative estimate of drug-likeness (QED) is 0.756. The van der Waals surface area contributed by atoms with Crippen molar-refractivity contribution in [2.45, 2.75) is 6.42 Å². The Balaban J connectivity index is 2.46. The molecule has 0 saturated heterocycles. The van der Waals surface area contributed by atoms with Gasteiger partial charge in [0.25, 0.3) is 0 Å². The summed E-state index contributed by atoms with van der Waals surface area (Å²) in [6, 6.07) is 8.00. The van der Waals surface area contributed by atoms with E-state index in [0.29, 0.717) is 5.11 Å². The maximum Gasteiger partial charge on any atom is 0.166 e. The van der Waals surface area contributed by atoms with Gasteiger partial charge in [-0.05, 0) is 30.3 Å². The third-order valence-corrected chi connectivity index (χ3v) is 2.45. The van der Waals surface area contributed by atoms with Crippen molar-refractivity contribution in [3.05, 3.63) is 29.8 Å². The summed E-state index contributed by atoms with van der Waals surface area (Å²) in [7, 11) is 3.49. The molecule has 0 aromatic heterocycles. The predicted molar refractivity (Wildman–Crippen MR) is 66.4 cm³/mol. The van der Waals surface area contributed by atoms with Crippen molar-refractivity contribution in [1.82, 2.24) is 10.6 Å². The smallest absolute Gasteiger partial charge is 0.166 e. The Morgan fingerprint density at radius 2 is 2.13 bits per heavy atom. The van der Waals surface area contributed by atoms with Crippen LogP contribution in [0.1, 0.15) is 5.56 Å². The zero-order valence-corrected chi connectivity index (χ0v) is 9.86. The highest BCUT2D eigenvalue weighted by Crippen LogP contribution is 2.16. The van der Waals surface area contributed by atoms with Gasteiger partial charge in [0.15, 0.2) is 5.11 Å². The second-order valence-corrected chi connectivity index (χ2v) is 3.48. The van der Waals surface area contributed by atoms with Crippen LogP contribution in [0.3, 0.4) is 0 Å². The summed E-state index contributed by atoms with van der Waals surface area (Å²) in [5.41, 5.74) is 1.19. The van der Waals surface area contributed by atoms with E-state index < -0.39 is 0 Å². The largest absolute Gasteiger partial charge is 0.496 e. The van der Waals surface area contributed by atoms with E-state index in [4.69, 9.17) is 17.0 Å². The Morgan fingerprint density at radius 3 is 2.80 bits per heavy atom. The van der Waals surface area contributed by atoms with Gasteiger partial charge in [-0.1, -0.05) is 18.2 Å². The molecule has 15 heavy (non-hydrogen) atoms. The van der Waals surface area contributed by atoms with Crippen LogP contribution in [0.5, 0.6) is 5.75 Å². The van der Waals surface area contributed by atoms with Crippen molar-refractivity contribution in [2.75, 3.05) is 20.7 Å². The number of hydrogen-bond donors (Lipinski definition) is 2. The van der Waals surface area contributed by atoms with Crippen LogP contribution < -0.4 is 15.4 Å². The number of thiocarbonyl (C=S) groups is 1. The molecule has 0 radical (unpaired) electrons. The fourth-order valence-corrected chi connectivity index (χ4v) is 1.41. The van der Waals surface area contributed by atoms with Gasteiger partial charge >= 0.3 is 0 Å². The van der Waals surface area contributed by atoms with Crippen molar-refractivity contribution in [2.24, 2.45) is 0 Å². The number of para-hydroxylation sites is 1. The molecule has 2 N–H and O–H groups in total. The molecule has 82 valence electrons. The molecule has 0 spiro atoms. The summed E-state index contributed by atoms with van der Waals surface area (Å²) in [6.07, 6.45) is 0.895. The monoisotopic (exact) mass is 224 g/mol. The van der Waals surface area contributed by atoms with Crippen molar-refractivity contribution in [3.63, 3.8) is 0 Å². The Bertz CT molecular complexity index is 328. The minimum absolute atomic E-state index is 0.671. The van der Waals surface area contributed by atoms with Gasteiger partial charge in [0.05, 0.1) is 7.11 Å². The van der Waals surface area contributed by atoms with E-state index in [-0.39, 0.29) is 0 Å². The van der Waals surface area contributed by atoms with Crippen LogP contribution in [0.25, 0.3) is 0 Å². The van der Waals surface area contributed by atoms with Crippen molar-refractivity contribution >= 4 is 17.3 Å². The molecule has 0 fully saturated rings. The fraction of sp³-hybridized carbons (Fsp3) is 0.364. The van der Waals surface area contributed by atoms with Crippen LogP contribution in [0.4, 0.5) is 0 Å². The number of methoxy groups -OCH3 is 1. The average Bonchev–Trinajstić information content (AvgIpc) is 2.29. The van der Waals surface area contributed by atoms with Gasteiger partial charge in [0.1, 0.15) is 5.75 Å². The fourth-order valence-electron chi connectivity index (χ4n) is 1.31. The number of rotatable bonds is 4. The van der Waals surface area contributed by atoms with E-state index in [0.717, 1.165) is 18.7 Å². The normalized spacial score (nSPS) is 9.47. The van der Waals surface area contributed by atoms with Crippen LogP contribution >= 0.6 is 12.2 Å². The molecule has 0 aliphatic rings. The molecule has 0 amide bonds. The SMILES string of the molecule is CNC(=S)NCCc1ccccc1OC. The highest BCUT2D eigenvalue weighted by atomic mass is 32.1. The third kappa shape index (κ3) is 3.75. The number of benzene rings is 1. The van der Waals surface area contributed by atoms with Crippen molar-refractivity contribution in [3.8, 4) is 5.75 Å². The molecule has 0 saturated carbocycles. The first-order valence-corrected chi connectivity index (χ1v) is 5.26. The molecule has 0 aliphatic heterocycles. The first kappa shape index (κ1) is 11.8. The first-order chi connectivity index (χ1) is 7.27. The minimum atomic E-state index is 0.671. The molecule has 0 bridgehead atoms. The van der Waals surface area contributed by atoms with Crippen LogP contribution in [0.15, 0.2) is 24.3 Å². The van der Waals surface area contributed by atoms with Gasteiger partial charge < -0.3 is 15.4 Å². The van der Waals surface area contributed by atoms with Gasteiger partial charge in [-0.2, -0.15) is 0 Å². The molecule has 0 aliphatic carbocycles. The highest BCUT2D eigenvalue weighted by molar-refractivity contribution is 7.80. The van der Waals surface area contributed by atoms with Crippen LogP contribution in [-0.4, -0.2) is 25.8 Å². The lowest BCUT2D eigenvalue weighted by atomic mass is 10.1. The highest BCUT2D eigenvalue weighted by Gasteiger charge is 2.00. The second-order valence-electron chi connectivity index (χ2n) is 3.07. The summed E-state index contributed by atoms with van der Waals surface area (Å²) in [6.45, 7) is 0.806. The summed E-state index contributed by atoms with van der Waals surface area (Å²) >= 11 is 4.98. The van der Waals surface area contributed by atoms with E-state index in [1.807, 2.05) is 18.2 Å². The molecule has 0 unspecified atom stereocenters. The third-order valence-electron chi connectivity index (χ3n) is 2.10. The molecule has 0 atom stereocenters. The maximum atomic E-state index is 5.25. The average molecular weight is 224 g/mol. The van der Waals surface area contributed by atoms with Gasteiger partial charge in [0.2, 0.25) is 0 Å². The summed E-state index contributed by atoms with van der Waals surface area (Å²) in [5, 5.41) is 6.64.